The molecular weight excluding hydrogens is 611 g/mol. The van der Waals surface area contributed by atoms with Crippen molar-refractivity contribution in [2.45, 2.75) is 5.92 Å². The lowest BCUT2D eigenvalue weighted by Crippen LogP contribution is -2.10. The van der Waals surface area contributed by atoms with Crippen LogP contribution in [-0.2, 0) is 0 Å². The Kier molecular flexibility index (Phi) is 6.50. The lowest BCUT2D eigenvalue weighted by molar-refractivity contribution is 1.01. The van der Waals surface area contributed by atoms with Crippen LogP contribution in [0.15, 0.2) is 182 Å². The van der Waals surface area contributed by atoms with Gasteiger partial charge >= 0.3 is 0 Å². The molecule has 0 N–H and O–H groups in total. The van der Waals surface area contributed by atoms with Crippen LogP contribution in [0, 0.1) is 0 Å². The Morgan fingerprint density at radius 1 is 0.408 bits per heavy atom. The third-order valence-electron chi connectivity index (χ3n) is 10.1. The van der Waals surface area contributed by atoms with Gasteiger partial charge in [-0.15, -0.1) is 11.3 Å². The van der Waals surface area contributed by atoms with Crippen molar-refractivity contribution in [1.29, 1.82) is 0 Å². The highest BCUT2D eigenvalue weighted by atomic mass is 32.1. The Labute approximate surface area is 290 Å². The standard InChI is InChI=1S/C47H31NS/c1-2-12-33(13-3-1)46-41-17-7-6-15-39(41)44-30-37(27-28-42(44)46)48(36-26-21-31-11-4-5-14-34(31)29-36)35-24-22-32(23-25-35)38-18-10-19-43-40-16-8-9-20-45(40)49-47(38)43/h1-30,46H. The molecule has 0 spiro atoms. The zero-order valence-corrected chi connectivity index (χ0v) is 27.6. The van der Waals surface area contributed by atoms with Gasteiger partial charge in [-0.3, -0.25) is 0 Å². The van der Waals surface area contributed by atoms with E-state index < -0.39 is 0 Å². The van der Waals surface area contributed by atoms with Crippen LogP contribution in [0.2, 0.25) is 0 Å². The first-order valence-electron chi connectivity index (χ1n) is 16.9. The van der Waals surface area contributed by atoms with Gasteiger partial charge in [0.05, 0.1) is 0 Å². The van der Waals surface area contributed by atoms with Crippen LogP contribution in [0.4, 0.5) is 17.1 Å². The molecule has 0 aliphatic heterocycles. The highest BCUT2D eigenvalue weighted by Gasteiger charge is 2.30. The zero-order chi connectivity index (χ0) is 32.3. The summed E-state index contributed by atoms with van der Waals surface area (Å²) in [6.45, 7) is 0. The van der Waals surface area contributed by atoms with Crippen LogP contribution in [0.1, 0.15) is 22.6 Å². The van der Waals surface area contributed by atoms with Gasteiger partial charge in [-0.05, 0) is 92.2 Å². The lowest BCUT2D eigenvalue weighted by Gasteiger charge is -2.27. The predicted octanol–water partition coefficient (Wildman–Crippen LogP) is 13.5. The van der Waals surface area contributed by atoms with Gasteiger partial charge in [-0.2, -0.15) is 0 Å². The quantitative estimate of drug-likeness (QED) is 0.181. The molecule has 0 saturated carbocycles. The van der Waals surface area contributed by atoms with E-state index in [0.29, 0.717) is 0 Å². The minimum atomic E-state index is 0.228. The van der Waals surface area contributed by atoms with Gasteiger partial charge in [0.25, 0.3) is 0 Å². The summed E-state index contributed by atoms with van der Waals surface area (Å²) in [5, 5.41) is 5.13. The fourth-order valence-electron chi connectivity index (χ4n) is 7.86. The molecule has 0 fully saturated rings. The molecule has 1 aromatic heterocycles. The van der Waals surface area contributed by atoms with Gasteiger partial charge in [0.2, 0.25) is 0 Å². The number of rotatable bonds is 5. The monoisotopic (exact) mass is 641 g/mol. The highest BCUT2D eigenvalue weighted by molar-refractivity contribution is 7.26. The van der Waals surface area contributed by atoms with Crippen molar-refractivity contribution in [1.82, 2.24) is 0 Å². The summed E-state index contributed by atoms with van der Waals surface area (Å²) in [5.41, 5.74) is 12.6. The third kappa shape index (κ3) is 4.60. The van der Waals surface area contributed by atoms with Crippen molar-refractivity contribution in [3.05, 3.63) is 199 Å². The van der Waals surface area contributed by atoms with Crippen molar-refractivity contribution >= 4 is 59.3 Å². The first-order valence-corrected chi connectivity index (χ1v) is 17.7. The second kappa shape index (κ2) is 11.3. The molecule has 10 rings (SSSR count). The largest absolute Gasteiger partial charge is 0.310 e. The molecule has 0 radical (unpaired) electrons. The molecule has 1 nitrogen and oxygen atoms in total. The summed E-state index contributed by atoms with van der Waals surface area (Å²) in [6, 6.07) is 66.9. The normalized spacial score (nSPS) is 13.5. The Hall–Kier alpha value is -5.96. The molecule has 1 aliphatic rings. The van der Waals surface area contributed by atoms with Crippen LogP contribution in [0.5, 0.6) is 0 Å². The molecule has 1 unspecified atom stereocenters. The summed E-state index contributed by atoms with van der Waals surface area (Å²) < 4.78 is 2.67. The van der Waals surface area contributed by atoms with E-state index in [2.05, 4.69) is 187 Å². The maximum atomic E-state index is 2.41. The summed E-state index contributed by atoms with van der Waals surface area (Å²) >= 11 is 1.88. The smallest absolute Gasteiger partial charge is 0.0468 e. The van der Waals surface area contributed by atoms with E-state index in [4.69, 9.17) is 0 Å². The predicted molar refractivity (Wildman–Crippen MR) is 210 cm³/mol. The SMILES string of the molecule is c1ccc(C2c3ccccc3-c3cc(N(c4ccc(-c5cccc6c5sc5ccccc56)cc4)c4ccc5ccccc5c4)ccc32)cc1. The van der Waals surface area contributed by atoms with Crippen LogP contribution >= 0.6 is 11.3 Å². The summed E-state index contributed by atoms with van der Waals surface area (Å²) in [7, 11) is 0. The minimum absolute atomic E-state index is 0.228. The van der Waals surface area contributed by atoms with Crippen molar-refractivity contribution in [3.63, 3.8) is 0 Å². The molecule has 9 aromatic rings. The number of thiophene rings is 1. The van der Waals surface area contributed by atoms with E-state index in [1.54, 1.807) is 0 Å². The second-order valence-electron chi connectivity index (χ2n) is 12.9. The van der Waals surface area contributed by atoms with E-state index in [1.807, 2.05) is 11.3 Å². The average Bonchev–Trinajstić information content (AvgIpc) is 3.71. The molecule has 1 aliphatic carbocycles. The summed E-state index contributed by atoms with van der Waals surface area (Å²) in [4.78, 5) is 2.41. The molecule has 1 atom stereocenters. The van der Waals surface area contributed by atoms with Crippen molar-refractivity contribution in [2.24, 2.45) is 0 Å². The first kappa shape index (κ1) is 28.1. The maximum absolute atomic E-state index is 2.41. The van der Waals surface area contributed by atoms with E-state index in [0.717, 1.165) is 17.1 Å². The van der Waals surface area contributed by atoms with Crippen LogP contribution in [0.25, 0.3) is 53.2 Å². The van der Waals surface area contributed by atoms with Crippen LogP contribution in [-0.4, -0.2) is 0 Å². The molecule has 8 aromatic carbocycles. The Bertz CT molecular complexity index is 2670. The van der Waals surface area contributed by atoms with Gasteiger partial charge in [0.15, 0.2) is 0 Å². The number of anilines is 3. The maximum Gasteiger partial charge on any atom is 0.0468 e. The Morgan fingerprint density at radius 3 is 1.96 bits per heavy atom. The molecule has 2 heteroatoms. The molecule has 0 saturated heterocycles. The fourth-order valence-corrected chi connectivity index (χ4v) is 9.10. The first-order chi connectivity index (χ1) is 24.3. The topological polar surface area (TPSA) is 3.24 Å². The Balaban J connectivity index is 1.12. The number of hydrogen-bond acceptors (Lipinski definition) is 2. The van der Waals surface area contributed by atoms with E-state index >= 15 is 0 Å². The van der Waals surface area contributed by atoms with Crippen LogP contribution in [0.3, 0.4) is 0 Å². The molecule has 49 heavy (non-hydrogen) atoms. The number of hydrogen-bond donors (Lipinski definition) is 0. The van der Waals surface area contributed by atoms with Gasteiger partial charge in [-0.1, -0.05) is 140 Å². The number of benzene rings is 8. The van der Waals surface area contributed by atoms with Gasteiger partial charge in [-0.25, -0.2) is 0 Å². The number of nitrogens with zero attached hydrogens (tertiary/aromatic N) is 1. The molecule has 0 amide bonds. The van der Waals surface area contributed by atoms with Crippen molar-refractivity contribution in [3.8, 4) is 22.3 Å². The lowest BCUT2D eigenvalue weighted by atomic mass is 9.89. The molecular formula is C47H31NS. The summed E-state index contributed by atoms with van der Waals surface area (Å²) in [6.07, 6.45) is 0. The zero-order valence-electron chi connectivity index (χ0n) is 26.8. The number of fused-ring (bicyclic) bond motifs is 7. The third-order valence-corrected chi connectivity index (χ3v) is 11.4. The minimum Gasteiger partial charge on any atom is -0.310 e. The highest BCUT2D eigenvalue weighted by Crippen LogP contribution is 2.50. The average molecular weight is 642 g/mol. The van der Waals surface area contributed by atoms with Gasteiger partial charge < -0.3 is 4.90 Å². The molecule has 1 heterocycles. The van der Waals surface area contributed by atoms with Crippen molar-refractivity contribution < 1.29 is 0 Å². The molecule has 0 bridgehead atoms. The van der Waals surface area contributed by atoms with E-state index in [9.17, 15) is 0 Å². The van der Waals surface area contributed by atoms with Crippen molar-refractivity contribution in [2.75, 3.05) is 4.90 Å². The van der Waals surface area contributed by atoms with E-state index in [-0.39, 0.29) is 5.92 Å². The van der Waals surface area contributed by atoms with Gasteiger partial charge in [0, 0.05) is 43.2 Å². The van der Waals surface area contributed by atoms with E-state index in [1.165, 1.54) is 69.9 Å². The summed E-state index contributed by atoms with van der Waals surface area (Å²) in [5.74, 6) is 0.228. The van der Waals surface area contributed by atoms with Gasteiger partial charge in [0.1, 0.15) is 0 Å². The molecule has 230 valence electrons. The van der Waals surface area contributed by atoms with Crippen LogP contribution < -0.4 is 4.90 Å². The fraction of sp³-hybridized carbons (Fsp3) is 0.0213. The Morgan fingerprint density at radius 2 is 1.06 bits per heavy atom. The second-order valence-corrected chi connectivity index (χ2v) is 13.9.